The van der Waals surface area contributed by atoms with Gasteiger partial charge in [0.25, 0.3) is 0 Å². The summed E-state index contributed by atoms with van der Waals surface area (Å²) < 4.78 is 0. The molecule has 0 atom stereocenters. The number of nitrogens with one attached hydrogen (secondary N) is 1. The molecule has 18 heavy (non-hydrogen) atoms. The molecule has 5 nitrogen and oxygen atoms in total. The number of rotatable bonds is 3. The third-order valence-corrected chi connectivity index (χ3v) is 2.29. The molecular weight excluding hydrogens is 228 g/mol. The van der Waals surface area contributed by atoms with E-state index in [1.807, 2.05) is 26.0 Å². The van der Waals surface area contributed by atoms with Gasteiger partial charge in [0.1, 0.15) is 5.75 Å². The molecule has 0 aliphatic carbocycles. The fraction of sp³-hybridized carbons (Fsp3) is 0.154. The molecule has 0 aliphatic heterocycles. The van der Waals surface area contributed by atoms with Crippen LogP contribution in [0.15, 0.2) is 35.4 Å². The molecule has 0 aliphatic rings. The first-order valence-electron chi connectivity index (χ1n) is 5.54. The molecule has 0 spiro atoms. The van der Waals surface area contributed by atoms with Gasteiger partial charge in [-0.05, 0) is 32.0 Å². The summed E-state index contributed by atoms with van der Waals surface area (Å²) in [4.78, 5) is 8.38. The summed E-state index contributed by atoms with van der Waals surface area (Å²) in [5.74, 6) is 0.628. The van der Waals surface area contributed by atoms with Gasteiger partial charge in [-0.25, -0.2) is 15.4 Å². The summed E-state index contributed by atoms with van der Waals surface area (Å²) in [6, 6.07) is 8.84. The molecule has 0 fully saturated rings. The lowest BCUT2D eigenvalue weighted by Crippen LogP contribution is -1.99. The summed E-state index contributed by atoms with van der Waals surface area (Å²) in [6.45, 7) is 3.79. The van der Waals surface area contributed by atoms with E-state index in [4.69, 9.17) is 0 Å². The quantitative estimate of drug-likeness (QED) is 0.639. The molecule has 1 aromatic heterocycles. The van der Waals surface area contributed by atoms with Crippen LogP contribution in [-0.4, -0.2) is 21.3 Å². The molecule has 0 radical (unpaired) electrons. The van der Waals surface area contributed by atoms with Crippen molar-refractivity contribution in [3.8, 4) is 5.75 Å². The minimum absolute atomic E-state index is 0.185. The van der Waals surface area contributed by atoms with Crippen molar-refractivity contribution in [2.45, 2.75) is 13.8 Å². The van der Waals surface area contributed by atoms with Crippen molar-refractivity contribution in [2.75, 3.05) is 5.43 Å². The van der Waals surface area contributed by atoms with Crippen LogP contribution in [0.3, 0.4) is 0 Å². The van der Waals surface area contributed by atoms with Crippen LogP contribution in [0.25, 0.3) is 0 Å². The highest BCUT2D eigenvalue weighted by Gasteiger charge is 1.98. The maximum atomic E-state index is 9.55. The van der Waals surface area contributed by atoms with Crippen LogP contribution in [0.1, 0.15) is 17.0 Å². The van der Waals surface area contributed by atoms with Crippen molar-refractivity contribution >= 4 is 12.2 Å². The van der Waals surface area contributed by atoms with Crippen molar-refractivity contribution in [2.24, 2.45) is 5.10 Å². The summed E-state index contributed by atoms with van der Waals surface area (Å²) in [6.07, 6.45) is 1.52. The van der Waals surface area contributed by atoms with E-state index in [0.29, 0.717) is 11.5 Å². The molecule has 92 valence electrons. The molecular formula is C13H14N4O. The molecule has 1 heterocycles. The number of anilines is 1. The number of hydrogen-bond acceptors (Lipinski definition) is 5. The first-order valence-corrected chi connectivity index (χ1v) is 5.54. The summed E-state index contributed by atoms with van der Waals surface area (Å²) in [5.41, 5.74) is 5.13. The second-order valence-corrected chi connectivity index (χ2v) is 3.90. The molecule has 5 heteroatoms. The van der Waals surface area contributed by atoms with Gasteiger partial charge in [-0.1, -0.05) is 12.1 Å². The Morgan fingerprint density at radius 1 is 1.17 bits per heavy atom. The molecule has 0 amide bonds. The Morgan fingerprint density at radius 2 is 1.83 bits per heavy atom. The largest absolute Gasteiger partial charge is 0.507 e. The number of aryl methyl sites for hydroxylation is 2. The van der Waals surface area contributed by atoms with Gasteiger partial charge in [-0.2, -0.15) is 5.10 Å². The van der Waals surface area contributed by atoms with Gasteiger partial charge in [-0.3, -0.25) is 0 Å². The highest BCUT2D eigenvalue weighted by Crippen LogP contribution is 2.12. The van der Waals surface area contributed by atoms with Gasteiger partial charge >= 0.3 is 0 Å². The second kappa shape index (κ2) is 5.27. The smallest absolute Gasteiger partial charge is 0.243 e. The second-order valence-electron chi connectivity index (χ2n) is 3.90. The Labute approximate surface area is 105 Å². The number of benzene rings is 1. The Hall–Kier alpha value is -2.43. The highest BCUT2D eigenvalue weighted by molar-refractivity contribution is 5.83. The van der Waals surface area contributed by atoms with Gasteiger partial charge in [0, 0.05) is 17.0 Å². The zero-order valence-electron chi connectivity index (χ0n) is 10.3. The molecule has 2 aromatic rings. The third-order valence-electron chi connectivity index (χ3n) is 2.29. The van der Waals surface area contributed by atoms with Crippen molar-refractivity contribution in [3.05, 3.63) is 47.3 Å². The number of aromatic nitrogens is 2. The number of phenolic OH excluding ortho intramolecular Hbond substituents is 1. The summed E-state index contributed by atoms with van der Waals surface area (Å²) in [5, 5.41) is 13.5. The molecule has 0 unspecified atom stereocenters. The summed E-state index contributed by atoms with van der Waals surface area (Å²) in [7, 11) is 0. The Morgan fingerprint density at radius 3 is 2.50 bits per heavy atom. The average molecular weight is 242 g/mol. The van der Waals surface area contributed by atoms with E-state index in [2.05, 4.69) is 20.5 Å². The van der Waals surface area contributed by atoms with E-state index in [0.717, 1.165) is 11.4 Å². The van der Waals surface area contributed by atoms with Crippen LogP contribution in [0.5, 0.6) is 5.75 Å². The number of nitrogens with zero attached hydrogens (tertiary/aromatic N) is 3. The molecule has 0 saturated heterocycles. The predicted octanol–water partition coefficient (Wildman–Crippen LogP) is 2.25. The van der Waals surface area contributed by atoms with Crippen LogP contribution < -0.4 is 5.43 Å². The van der Waals surface area contributed by atoms with Crippen LogP contribution >= 0.6 is 0 Å². The first kappa shape index (κ1) is 12.0. The van der Waals surface area contributed by atoms with E-state index >= 15 is 0 Å². The summed E-state index contributed by atoms with van der Waals surface area (Å²) >= 11 is 0. The normalized spacial score (nSPS) is 10.8. The number of para-hydroxylation sites is 1. The lowest BCUT2D eigenvalue weighted by molar-refractivity contribution is 0.474. The SMILES string of the molecule is Cc1cc(C)nc(NN=Cc2ccccc2O)n1. The molecule has 1 aromatic carbocycles. The highest BCUT2D eigenvalue weighted by atomic mass is 16.3. The van der Waals surface area contributed by atoms with Gasteiger partial charge in [-0.15, -0.1) is 0 Å². The van der Waals surface area contributed by atoms with E-state index in [-0.39, 0.29) is 5.75 Å². The molecule has 0 saturated carbocycles. The number of aromatic hydroxyl groups is 1. The maximum absolute atomic E-state index is 9.55. The third kappa shape index (κ3) is 3.04. The average Bonchev–Trinajstić information content (AvgIpc) is 2.30. The fourth-order valence-corrected chi connectivity index (χ4v) is 1.53. The number of phenols is 1. The van der Waals surface area contributed by atoms with Gasteiger partial charge in [0.15, 0.2) is 0 Å². The molecule has 2 N–H and O–H groups in total. The van der Waals surface area contributed by atoms with Crippen LogP contribution in [0.4, 0.5) is 5.95 Å². The zero-order chi connectivity index (χ0) is 13.0. The minimum Gasteiger partial charge on any atom is -0.507 e. The van der Waals surface area contributed by atoms with Crippen molar-refractivity contribution < 1.29 is 5.11 Å². The van der Waals surface area contributed by atoms with Crippen molar-refractivity contribution in [1.29, 1.82) is 0 Å². The van der Waals surface area contributed by atoms with E-state index in [9.17, 15) is 5.11 Å². The van der Waals surface area contributed by atoms with Crippen LogP contribution in [0, 0.1) is 13.8 Å². The monoisotopic (exact) mass is 242 g/mol. The van der Waals surface area contributed by atoms with Crippen LogP contribution in [-0.2, 0) is 0 Å². The molecule has 0 bridgehead atoms. The number of hydrazone groups is 1. The number of hydrogen-bond donors (Lipinski definition) is 2. The minimum atomic E-state index is 0.185. The van der Waals surface area contributed by atoms with Crippen LogP contribution in [0.2, 0.25) is 0 Å². The van der Waals surface area contributed by atoms with Gasteiger partial charge < -0.3 is 5.11 Å². The van der Waals surface area contributed by atoms with E-state index < -0.39 is 0 Å². The van der Waals surface area contributed by atoms with Gasteiger partial charge in [0.2, 0.25) is 5.95 Å². The van der Waals surface area contributed by atoms with E-state index in [1.54, 1.807) is 18.2 Å². The lowest BCUT2D eigenvalue weighted by atomic mass is 10.2. The Kier molecular flexibility index (Phi) is 3.52. The van der Waals surface area contributed by atoms with Gasteiger partial charge in [0.05, 0.1) is 6.21 Å². The standard InChI is InChI=1S/C13H14N4O/c1-9-7-10(2)16-13(15-9)17-14-8-11-5-3-4-6-12(11)18/h3-8,18H,1-2H3,(H,15,16,17). The van der Waals surface area contributed by atoms with Crippen molar-refractivity contribution in [3.63, 3.8) is 0 Å². The predicted molar refractivity (Wildman–Crippen MR) is 70.8 cm³/mol. The lowest BCUT2D eigenvalue weighted by Gasteiger charge is -2.01. The zero-order valence-corrected chi connectivity index (χ0v) is 10.3. The topological polar surface area (TPSA) is 70.4 Å². The maximum Gasteiger partial charge on any atom is 0.243 e. The van der Waals surface area contributed by atoms with E-state index in [1.165, 1.54) is 6.21 Å². The Balaban J connectivity index is 2.10. The molecule has 2 rings (SSSR count). The van der Waals surface area contributed by atoms with Crippen molar-refractivity contribution in [1.82, 2.24) is 9.97 Å². The first-order chi connectivity index (χ1) is 8.65. The Bertz CT molecular complexity index is 561. The fourth-order valence-electron chi connectivity index (χ4n) is 1.53.